The minimum Gasteiger partial charge on any atom is -0.441 e. The Morgan fingerprint density at radius 3 is 2.83 bits per heavy atom. The van der Waals surface area contributed by atoms with E-state index in [0.29, 0.717) is 12.3 Å². The quantitative estimate of drug-likeness (QED) is 0.640. The Morgan fingerprint density at radius 2 is 2.03 bits per heavy atom. The lowest BCUT2D eigenvalue weighted by Crippen LogP contribution is -2.37. The normalized spacial score (nSPS) is 16.7. The van der Waals surface area contributed by atoms with Crippen LogP contribution in [-0.4, -0.2) is 34.9 Å². The van der Waals surface area contributed by atoms with Gasteiger partial charge in [0.05, 0.1) is 11.8 Å². The van der Waals surface area contributed by atoms with E-state index in [-0.39, 0.29) is 29.7 Å². The van der Waals surface area contributed by atoms with E-state index in [9.17, 15) is 13.6 Å². The van der Waals surface area contributed by atoms with Crippen LogP contribution in [0.1, 0.15) is 24.3 Å². The monoisotopic (exact) mass is 411 g/mol. The summed E-state index contributed by atoms with van der Waals surface area (Å²) in [5.74, 6) is -0.857. The molecule has 0 saturated carbocycles. The number of rotatable bonds is 7. The first-order chi connectivity index (χ1) is 14.6. The van der Waals surface area contributed by atoms with Crippen LogP contribution in [0.4, 0.5) is 8.78 Å². The fraction of sp³-hybridized carbons (Fsp3) is 0.304. The number of aryl methyl sites for hydroxylation is 1. The van der Waals surface area contributed by atoms with E-state index < -0.39 is 11.6 Å². The zero-order chi connectivity index (χ0) is 20.9. The lowest BCUT2D eigenvalue weighted by Gasteiger charge is -2.16. The van der Waals surface area contributed by atoms with Gasteiger partial charge in [-0.05, 0) is 24.1 Å². The molecule has 4 rings (SSSR count). The highest BCUT2D eigenvalue weighted by Crippen LogP contribution is 2.24. The Bertz CT molecular complexity index is 1010. The van der Waals surface area contributed by atoms with Gasteiger partial charge < -0.3 is 9.73 Å². The number of benzene rings is 2. The molecule has 1 N–H and O–H groups in total. The van der Waals surface area contributed by atoms with Gasteiger partial charge >= 0.3 is 0 Å². The number of aromatic nitrogens is 1. The zero-order valence-electron chi connectivity index (χ0n) is 16.5. The van der Waals surface area contributed by atoms with Crippen molar-refractivity contribution in [3.63, 3.8) is 0 Å². The molecule has 156 valence electrons. The van der Waals surface area contributed by atoms with E-state index in [1.54, 1.807) is 0 Å². The highest BCUT2D eigenvalue weighted by Gasteiger charge is 2.24. The molecule has 1 saturated heterocycles. The van der Waals surface area contributed by atoms with Gasteiger partial charge in [0.25, 0.3) is 0 Å². The lowest BCUT2D eigenvalue weighted by molar-refractivity contribution is -0.121. The number of halogens is 2. The number of carbonyl (C=O) groups excluding carboxylic acids is 1. The molecule has 1 aliphatic heterocycles. The third-order valence-electron chi connectivity index (χ3n) is 5.20. The van der Waals surface area contributed by atoms with Gasteiger partial charge in [0.1, 0.15) is 11.6 Å². The van der Waals surface area contributed by atoms with Gasteiger partial charge in [-0.25, -0.2) is 13.8 Å². The Balaban J connectivity index is 1.24. The maximum absolute atomic E-state index is 13.9. The van der Waals surface area contributed by atoms with Crippen molar-refractivity contribution in [1.29, 1.82) is 0 Å². The van der Waals surface area contributed by atoms with Gasteiger partial charge in [-0.3, -0.25) is 9.69 Å². The van der Waals surface area contributed by atoms with Gasteiger partial charge in [-0.15, -0.1) is 0 Å². The largest absolute Gasteiger partial charge is 0.441 e. The lowest BCUT2D eigenvalue weighted by atomic mass is 10.2. The third-order valence-corrected chi connectivity index (χ3v) is 5.20. The predicted molar refractivity (Wildman–Crippen MR) is 108 cm³/mol. The maximum Gasteiger partial charge on any atom is 0.220 e. The van der Waals surface area contributed by atoms with Crippen LogP contribution in [0.2, 0.25) is 0 Å². The summed E-state index contributed by atoms with van der Waals surface area (Å²) in [4.78, 5) is 18.7. The number of nitrogens with one attached hydrogen (secondary N) is 1. The second-order valence-corrected chi connectivity index (χ2v) is 7.52. The number of amides is 1. The van der Waals surface area contributed by atoms with Crippen LogP contribution in [0, 0.1) is 11.6 Å². The molecule has 0 aliphatic carbocycles. The second-order valence-electron chi connectivity index (χ2n) is 7.52. The molecular weight excluding hydrogens is 388 g/mol. The van der Waals surface area contributed by atoms with Crippen LogP contribution in [-0.2, 0) is 17.8 Å². The summed E-state index contributed by atoms with van der Waals surface area (Å²) >= 11 is 0. The van der Waals surface area contributed by atoms with Crippen molar-refractivity contribution in [2.75, 3.05) is 13.1 Å². The van der Waals surface area contributed by atoms with Crippen LogP contribution in [0.25, 0.3) is 11.3 Å². The molecule has 0 radical (unpaired) electrons. The van der Waals surface area contributed by atoms with Crippen molar-refractivity contribution in [3.8, 4) is 11.3 Å². The average Bonchev–Trinajstić information content (AvgIpc) is 3.37. The summed E-state index contributed by atoms with van der Waals surface area (Å²) in [7, 11) is 0. The van der Waals surface area contributed by atoms with Crippen molar-refractivity contribution in [3.05, 3.63) is 77.8 Å². The van der Waals surface area contributed by atoms with E-state index in [1.807, 2.05) is 18.2 Å². The van der Waals surface area contributed by atoms with Crippen LogP contribution < -0.4 is 5.32 Å². The van der Waals surface area contributed by atoms with Gasteiger partial charge in [0.2, 0.25) is 5.91 Å². The Morgan fingerprint density at radius 1 is 1.20 bits per heavy atom. The van der Waals surface area contributed by atoms with Crippen molar-refractivity contribution in [1.82, 2.24) is 15.2 Å². The summed E-state index contributed by atoms with van der Waals surface area (Å²) in [6.07, 6.45) is 2.86. The molecule has 0 spiro atoms. The molecule has 1 aliphatic rings. The second kappa shape index (κ2) is 9.17. The van der Waals surface area contributed by atoms with Crippen molar-refractivity contribution in [2.45, 2.75) is 31.8 Å². The number of oxazole rings is 1. The maximum atomic E-state index is 13.9. The Labute approximate surface area is 173 Å². The summed E-state index contributed by atoms with van der Waals surface area (Å²) in [6.45, 7) is 2.66. The van der Waals surface area contributed by atoms with Gasteiger partial charge in [0.15, 0.2) is 11.7 Å². The molecule has 2 heterocycles. The molecule has 1 aromatic heterocycles. The molecule has 3 aromatic rings. The van der Waals surface area contributed by atoms with E-state index in [2.05, 4.69) is 27.3 Å². The molecule has 0 bridgehead atoms. The SMILES string of the molecule is O=C(CCc1ncc(-c2ccc(F)cc2F)o1)N[C@@H]1CCN(Cc2ccccc2)C1. The minimum absolute atomic E-state index is 0.0609. The fourth-order valence-corrected chi connectivity index (χ4v) is 3.70. The van der Waals surface area contributed by atoms with Gasteiger partial charge in [0, 0.05) is 44.6 Å². The Kier molecular flexibility index (Phi) is 6.18. The summed E-state index contributed by atoms with van der Waals surface area (Å²) < 4.78 is 32.4. The van der Waals surface area contributed by atoms with E-state index >= 15 is 0 Å². The topological polar surface area (TPSA) is 58.4 Å². The molecule has 1 amide bonds. The number of nitrogens with zero attached hydrogens (tertiary/aromatic N) is 2. The first kappa shape index (κ1) is 20.2. The first-order valence-corrected chi connectivity index (χ1v) is 10.0. The predicted octanol–water partition coefficient (Wildman–Crippen LogP) is 3.94. The molecule has 5 nitrogen and oxygen atoms in total. The van der Waals surface area contributed by atoms with E-state index in [1.165, 1.54) is 17.8 Å². The number of carbonyl (C=O) groups is 1. The molecule has 30 heavy (non-hydrogen) atoms. The van der Waals surface area contributed by atoms with E-state index in [4.69, 9.17) is 4.42 Å². The first-order valence-electron chi connectivity index (χ1n) is 10.0. The van der Waals surface area contributed by atoms with Gasteiger partial charge in [-0.2, -0.15) is 0 Å². The highest BCUT2D eigenvalue weighted by atomic mass is 19.1. The fourth-order valence-electron chi connectivity index (χ4n) is 3.70. The molecule has 1 fully saturated rings. The van der Waals surface area contributed by atoms with Crippen LogP contribution in [0.3, 0.4) is 0 Å². The molecular formula is C23H23F2N3O2. The molecule has 0 unspecified atom stereocenters. The highest BCUT2D eigenvalue weighted by molar-refractivity contribution is 5.76. The zero-order valence-corrected chi connectivity index (χ0v) is 16.5. The van der Waals surface area contributed by atoms with Crippen LogP contribution >= 0.6 is 0 Å². The van der Waals surface area contributed by atoms with Crippen molar-refractivity contribution < 1.29 is 18.0 Å². The summed E-state index contributed by atoms with van der Waals surface area (Å²) in [5, 5.41) is 3.07. The standard InChI is InChI=1S/C23H23F2N3O2/c24-17-6-7-19(20(25)12-17)21-13-26-23(30-21)9-8-22(29)27-18-10-11-28(15-18)14-16-4-2-1-3-5-16/h1-7,12-13,18H,8-11,14-15H2,(H,27,29)/t18-/m1/s1. The van der Waals surface area contributed by atoms with Gasteiger partial charge in [-0.1, -0.05) is 30.3 Å². The smallest absolute Gasteiger partial charge is 0.220 e. The van der Waals surface area contributed by atoms with Crippen molar-refractivity contribution in [2.24, 2.45) is 0 Å². The van der Waals surface area contributed by atoms with Crippen molar-refractivity contribution >= 4 is 5.91 Å². The minimum atomic E-state index is -0.711. The summed E-state index contributed by atoms with van der Waals surface area (Å²) in [5.41, 5.74) is 1.41. The molecule has 1 atom stereocenters. The average molecular weight is 411 g/mol. The van der Waals surface area contributed by atoms with Crippen LogP contribution in [0.5, 0.6) is 0 Å². The molecule has 2 aromatic carbocycles. The Hall–Kier alpha value is -3.06. The van der Waals surface area contributed by atoms with Crippen LogP contribution in [0.15, 0.2) is 59.1 Å². The molecule has 7 heteroatoms. The number of hydrogen-bond donors (Lipinski definition) is 1. The summed E-state index contributed by atoms with van der Waals surface area (Å²) in [6, 6.07) is 13.7. The third kappa shape index (κ3) is 5.10. The number of hydrogen-bond acceptors (Lipinski definition) is 4. The van der Waals surface area contributed by atoms with E-state index in [0.717, 1.165) is 38.2 Å². The number of likely N-dealkylation sites (tertiary alicyclic amines) is 1.